The van der Waals surface area contributed by atoms with Gasteiger partial charge in [0.2, 0.25) is 0 Å². The van der Waals surface area contributed by atoms with Crippen molar-refractivity contribution in [2.45, 2.75) is 13.0 Å². The van der Waals surface area contributed by atoms with Crippen molar-refractivity contribution >= 4 is 29.2 Å². The number of aromatic nitrogens is 3. The summed E-state index contributed by atoms with van der Waals surface area (Å²) in [6.45, 7) is 1.36. The molecule has 8 heteroatoms. The Balaban J connectivity index is 1.47. The molecular weight excluding hydrogens is 383 g/mol. The van der Waals surface area contributed by atoms with Gasteiger partial charge in [0, 0.05) is 38.7 Å². The topological polar surface area (TPSA) is 59.2 Å². The summed E-state index contributed by atoms with van der Waals surface area (Å²) in [5.74, 6) is 0.733. The second kappa shape index (κ2) is 8.97. The summed E-state index contributed by atoms with van der Waals surface area (Å²) in [5.41, 5.74) is 3.28. The lowest BCUT2D eigenvalue weighted by Crippen LogP contribution is -2.38. The molecule has 0 aliphatic rings. The largest absolute Gasteiger partial charge is 0.356 e. The number of nitrogens with one attached hydrogen (secondary N) is 2. The molecule has 2 heterocycles. The van der Waals surface area contributed by atoms with Gasteiger partial charge in [-0.3, -0.25) is 4.99 Å². The fourth-order valence-corrected chi connectivity index (χ4v) is 3.13. The molecule has 3 rings (SSSR count). The highest BCUT2D eigenvalue weighted by Crippen LogP contribution is 2.24. The number of hydrogen-bond acceptors (Lipinski definition) is 2. The molecule has 0 radical (unpaired) electrons. The van der Waals surface area contributed by atoms with E-state index in [-0.39, 0.29) is 0 Å². The molecule has 0 aliphatic heterocycles. The zero-order valence-electron chi connectivity index (χ0n) is 15.3. The summed E-state index contributed by atoms with van der Waals surface area (Å²) in [6.07, 6.45) is 4.59. The van der Waals surface area contributed by atoms with Gasteiger partial charge in [0.25, 0.3) is 0 Å². The zero-order chi connectivity index (χ0) is 19.2. The normalized spacial score (nSPS) is 11.6. The Morgan fingerprint density at radius 1 is 1.19 bits per heavy atom. The van der Waals surface area contributed by atoms with Gasteiger partial charge in [-0.1, -0.05) is 35.3 Å². The molecule has 0 saturated carbocycles. The average molecular weight is 405 g/mol. The van der Waals surface area contributed by atoms with Crippen molar-refractivity contribution in [2.24, 2.45) is 12.0 Å². The Morgan fingerprint density at radius 2 is 1.96 bits per heavy atom. The average Bonchev–Trinajstić information content (AvgIpc) is 3.30. The predicted molar refractivity (Wildman–Crippen MR) is 111 cm³/mol. The monoisotopic (exact) mass is 404 g/mol. The van der Waals surface area contributed by atoms with Crippen LogP contribution in [-0.2, 0) is 20.0 Å². The molecule has 0 bridgehead atoms. The van der Waals surface area contributed by atoms with Crippen molar-refractivity contribution in [1.82, 2.24) is 25.0 Å². The van der Waals surface area contributed by atoms with Crippen LogP contribution in [0.4, 0.5) is 0 Å². The van der Waals surface area contributed by atoms with E-state index in [1.165, 1.54) is 5.56 Å². The molecule has 0 spiro atoms. The number of halogens is 2. The molecule has 1 aromatic carbocycles. The second-order valence-electron chi connectivity index (χ2n) is 6.05. The lowest BCUT2D eigenvalue weighted by atomic mass is 10.1. The van der Waals surface area contributed by atoms with Gasteiger partial charge in [-0.15, -0.1) is 0 Å². The second-order valence-corrected chi connectivity index (χ2v) is 6.82. The Labute approximate surface area is 168 Å². The van der Waals surface area contributed by atoms with Gasteiger partial charge >= 0.3 is 0 Å². The fourth-order valence-electron chi connectivity index (χ4n) is 2.72. The zero-order valence-corrected chi connectivity index (χ0v) is 16.8. The van der Waals surface area contributed by atoms with E-state index < -0.39 is 0 Å². The van der Waals surface area contributed by atoms with Crippen LogP contribution in [0.1, 0.15) is 11.3 Å². The molecular formula is C19H22Cl2N6. The third kappa shape index (κ3) is 4.84. The summed E-state index contributed by atoms with van der Waals surface area (Å²) in [4.78, 5) is 4.25. The Bertz CT molecular complexity index is 897. The van der Waals surface area contributed by atoms with E-state index in [4.69, 9.17) is 23.2 Å². The molecule has 2 N–H and O–H groups in total. The first kappa shape index (κ1) is 19.3. The first-order valence-electron chi connectivity index (χ1n) is 8.61. The standard InChI is InChI=1S/C19H22Cl2N6/c1-22-19(24-13-16-12-17(20)18(21)26(16)2)23-10-8-14-4-6-15(7-5-14)27-11-3-9-25-27/h3-7,9,11-12H,8,10,13H2,1-2H3,(H2,22,23,24). The van der Waals surface area contributed by atoms with Crippen molar-refractivity contribution in [3.8, 4) is 5.69 Å². The number of guanidine groups is 1. The third-order valence-corrected chi connectivity index (χ3v) is 5.13. The van der Waals surface area contributed by atoms with Crippen LogP contribution < -0.4 is 10.6 Å². The highest BCUT2D eigenvalue weighted by molar-refractivity contribution is 6.41. The molecule has 0 atom stereocenters. The van der Waals surface area contributed by atoms with Crippen molar-refractivity contribution in [1.29, 1.82) is 0 Å². The molecule has 3 aromatic rings. The molecule has 0 amide bonds. The van der Waals surface area contributed by atoms with E-state index >= 15 is 0 Å². The minimum atomic E-state index is 0.537. The predicted octanol–water partition coefficient (Wildman–Crippen LogP) is 3.43. The van der Waals surface area contributed by atoms with Gasteiger partial charge in [-0.25, -0.2) is 4.68 Å². The molecule has 142 valence electrons. The first-order chi connectivity index (χ1) is 13.1. The Hall–Kier alpha value is -2.44. The van der Waals surface area contributed by atoms with E-state index in [1.54, 1.807) is 13.2 Å². The highest BCUT2D eigenvalue weighted by atomic mass is 35.5. The summed E-state index contributed by atoms with van der Waals surface area (Å²) in [5, 5.41) is 11.9. The molecule has 0 unspecified atom stereocenters. The summed E-state index contributed by atoms with van der Waals surface area (Å²) in [7, 11) is 3.63. The number of aliphatic imine (C=N–C) groups is 1. The van der Waals surface area contributed by atoms with Crippen molar-refractivity contribution in [3.63, 3.8) is 0 Å². The van der Waals surface area contributed by atoms with Crippen LogP contribution in [0, 0.1) is 0 Å². The van der Waals surface area contributed by atoms with Gasteiger partial charge in [-0.05, 0) is 36.2 Å². The molecule has 2 aromatic heterocycles. The number of hydrogen-bond donors (Lipinski definition) is 2. The lowest BCUT2D eigenvalue weighted by molar-refractivity contribution is 0.746. The van der Waals surface area contributed by atoms with E-state index in [9.17, 15) is 0 Å². The first-order valence-corrected chi connectivity index (χ1v) is 9.37. The quantitative estimate of drug-likeness (QED) is 0.488. The SMILES string of the molecule is CN=C(NCCc1ccc(-n2cccn2)cc1)NCc1cc(Cl)c(Cl)n1C. The van der Waals surface area contributed by atoms with Crippen LogP contribution in [0.2, 0.25) is 10.2 Å². The minimum absolute atomic E-state index is 0.537. The lowest BCUT2D eigenvalue weighted by Gasteiger charge is -2.12. The smallest absolute Gasteiger partial charge is 0.191 e. The van der Waals surface area contributed by atoms with E-state index in [1.807, 2.05) is 34.6 Å². The van der Waals surface area contributed by atoms with Crippen LogP contribution in [-0.4, -0.2) is 33.9 Å². The van der Waals surface area contributed by atoms with Crippen LogP contribution in [0.15, 0.2) is 53.8 Å². The van der Waals surface area contributed by atoms with Crippen LogP contribution in [0.25, 0.3) is 5.69 Å². The van der Waals surface area contributed by atoms with Crippen molar-refractivity contribution < 1.29 is 0 Å². The van der Waals surface area contributed by atoms with Crippen LogP contribution in [0.5, 0.6) is 0 Å². The summed E-state index contributed by atoms with van der Waals surface area (Å²) >= 11 is 12.1. The maximum Gasteiger partial charge on any atom is 0.191 e. The molecule has 6 nitrogen and oxygen atoms in total. The maximum atomic E-state index is 6.09. The maximum absolute atomic E-state index is 6.09. The van der Waals surface area contributed by atoms with Gasteiger partial charge in [-0.2, -0.15) is 5.10 Å². The van der Waals surface area contributed by atoms with E-state index in [2.05, 4.69) is 45.0 Å². The van der Waals surface area contributed by atoms with E-state index in [0.717, 1.165) is 30.3 Å². The number of nitrogens with zero attached hydrogens (tertiary/aromatic N) is 4. The Kier molecular flexibility index (Phi) is 6.42. The van der Waals surface area contributed by atoms with Gasteiger partial charge in [0.1, 0.15) is 5.15 Å². The highest BCUT2D eigenvalue weighted by Gasteiger charge is 2.09. The minimum Gasteiger partial charge on any atom is -0.356 e. The molecule has 0 fully saturated rings. The van der Waals surface area contributed by atoms with Crippen LogP contribution in [0.3, 0.4) is 0 Å². The van der Waals surface area contributed by atoms with E-state index in [0.29, 0.717) is 16.7 Å². The van der Waals surface area contributed by atoms with Crippen molar-refractivity contribution in [3.05, 3.63) is 70.2 Å². The molecule has 27 heavy (non-hydrogen) atoms. The third-order valence-electron chi connectivity index (χ3n) is 4.29. The van der Waals surface area contributed by atoms with Crippen molar-refractivity contribution in [2.75, 3.05) is 13.6 Å². The van der Waals surface area contributed by atoms with Gasteiger partial charge in [0.05, 0.1) is 17.3 Å². The van der Waals surface area contributed by atoms with Gasteiger partial charge < -0.3 is 15.2 Å². The number of benzene rings is 1. The van der Waals surface area contributed by atoms with Gasteiger partial charge in [0.15, 0.2) is 5.96 Å². The molecule has 0 aliphatic carbocycles. The summed E-state index contributed by atoms with van der Waals surface area (Å²) in [6, 6.07) is 12.1. The summed E-state index contributed by atoms with van der Waals surface area (Å²) < 4.78 is 3.70. The Morgan fingerprint density at radius 3 is 2.56 bits per heavy atom. The number of rotatable bonds is 6. The fraction of sp³-hybridized carbons (Fsp3) is 0.263. The molecule has 0 saturated heterocycles. The van der Waals surface area contributed by atoms with Crippen LogP contribution >= 0.6 is 23.2 Å².